The second-order valence-corrected chi connectivity index (χ2v) is 8.03. The zero-order valence-electron chi connectivity index (χ0n) is 14.4. The standard InChI is InChI=1S/C19H15ClFN3O3S/c20-14-3-7-16(8-4-14)23-19(25)13-24(17-9-5-15(21)6-10-17)28(26,27)18-2-1-11-22-12-18/h1-12H,13H2,(H,23,25). The number of aromatic nitrogens is 1. The molecule has 0 atom stereocenters. The van der Waals surface area contributed by atoms with Crippen molar-refractivity contribution in [2.24, 2.45) is 0 Å². The Kier molecular flexibility index (Phi) is 5.91. The van der Waals surface area contributed by atoms with Crippen molar-refractivity contribution >= 4 is 38.9 Å². The van der Waals surface area contributed by atoms with Crippen molar-refractivity contribution in [3.05, 3.63) is 83.9 Å². The molecular weight excluding hydrogens is 405 g/mol. The van der Waals surface area contributed by atoms with Crippen molar-refractivity contribution in [3.63, 3.8) is 0 Å². The number of nitrogens with one attached hydrogen (secondary N) is 1. The van der Waals surface area contributed by atoms with Gasteiger partial charge < -0.3 is 5.32 Å². The van der Waals surface area contributed by atoms with Gasteiger partial charge in [-0.2, -0.15) is 0 Å². The Bertz CT molecular complexity index is 1060. The second-order valence-electron chi connectivity index (χ2n) is 5.73. The number of anilines is 2. The molecule has 144 valence electrons. The van der Waals surface area contributed by atoms with E-state index in [4.69, 9.17) is 11.6 Å². The summed E-state index contributed by atoms with van der Waals surface area (Å²) in [4.78, 5) is 16.2. The van der Waals surface area contributed by atoms with Gasteiger partial charge in [0.05, 0.1) is 5.69 Å². The minimum Gasteiger partial charge on any atom is -0.325 e. The zero-order chi connectivity index (χ0) is 20.1. The van der Waals surface area contributed by atoms with Crippen LogP contribution in [0.3, 0.4) is 0 Å². The molecule has 3 aromatic rings. The molecule has 0 bridgehead atoms. The maximum absolute atomic E-state index is 13.3. The lowest BCUT2D eigenvalue weighted by Crippen LogP contribution is -2.38. The topological polar surface area (TPSA) is 79.4 Å². The number of benzene rings is 2. The number of hydrogen-bond donors (Lipinski definition) is 1. The molecule has 0 unspecified atom stereocenters. The number of carbonyl (C=O) groups excluding carboxylic acids is 1. The molecule has 9 heteroatoms. The van der Waals surface area contributed by atoms with Crippen LogP contribution in [-0.4, -0.2) is 25.9 Å². The molecule has 3 rings (SSSR count). The summed E-state index contributed by atoms with van der Waals surface area (Å²) < 4.78 is 40.3. The summed E-state index contributed by atoms with van der Waals surface area (Å²) in [7, 11) is -4.09. The molecular formula is C19H15ClFN3O3S. The van der Waals surface area contributed by atoms with Crippen LogP contribution < -0.4 is 9.62 Å². The predicted octanol–water partition coefficient (Wildman–Crippen LogP) is 3.71. The van der Waals surface area contributed by atoms with Crippen molar-refractivity contribution in [3.8, 4) is 0 Å². The summed E-state index contributed by atoms with van der Waals surface area (Å²) >= 11 is 5.82. The van der Waals surface area contributed by atoms with Gasteiger partial charge in [-0.15, -0.1) is 0 Å². The molecule has 0 aliphatic heterocycles. The minimum absolute atomic E-state index is 0.0846. The first-order valence-corrected chi connectivity index (χ1v) is 9.92. The van der Waals surface area contributed by atoms with E-state index in [0.29, 0.717) is 10.7 Å². The average molecular weight is 420 g/mol. The first kappa shape index (κ1) is 19.8. The van der Waals surface area contributed by atoms with Crippen LogP contribution in [0.1, 0.15) is 0 Å². The smallest absolute Gasteiger partial charge is 0.266 e. The molecule has 2 aromatic carbocycles. The van der Waals surface area contributed by atoms with E-state index < -0.39 is 28.3 Å². The molecule has 0 aliphatic carbocycles. The number of amides is 1. The van der Waals surface area contributed by atoms with Gasteiger partial charge in [0.15, 0.2) is 0 Å². The van der Waals surface area contributed by atoms with E-state index >= 15 is 0 Å². The lowest BCUT2D eigenvalue weighted by molar-refractivity contribution is -0.114. The third-order valence-electron chi connectivity index (χ3n) is 3.75. The minimum atomic E-state index is -4.09. The van der Waals surface area contributed by atoms with Crippen LogP contribution in [0.2, 0.25) is 5.02 Å². The number of hydrogen-bond acceptors (Lipinski definition) is 4. The number of sulfonamides is 1. The fraction of sp³-hybridized carbons (Fsp3) is 0.0526. The molecule has 0 fully saturated rings. The number of halogens is 2. The monoisotopic (exact) mass is 419 g/mol. The Labute approximate surface area is 166 Å². The van der Waals surface area contributed by atoms with Crippen LogP contribution in [0, 0.1) is 5.82 Å². The number of rotatable bonds is 6. The third-order valence-corrected chi connectivity index (χ3v) is 5.76. The van der Waals surface area contributed by atoms with Crippen LogP contribution in [0.4, 0.5) is 15.8 Å². The maximum Gasteiger partial charge on any atom is 0.266 e. The molecule has 6 nitrogen and oxygen atoms in total. The van der Waals surface area contributed by atoms with E-state index in [1.807, 2.05) is 0 Å². The van der Waals surface area contributed by atoms with Crippen molar-refractivity contribution in [1.29, 1.82) is 0 Å². The van der Waals surface area contributed by atoms with Crippen LogP contribution in [0.5, 0.6) is 0 Å². The van der Waals surface area contributed by atoms with Gasteiger partial charge in [-0.3, -0.25) is 14.1 Å². The van der Waals surface area contributed by atoms with Gasteiger partial charge >= 0.3 is 0 Å². The quantitative estimate of drug-likeness (QED) is 0.660. The highest BCUT2D eigenvalue weighted by atomic mass is 35.5. The summed E-state index contributed by atoms with van der Waals surface area (Å²) in [5, 5.41) is 3.12. The van der Waals surface area contributed by atoms with E-state index in [-0.39, 0.29) is 10.6 Å². The Balaban J connectivity index is 1.91. The molecule has 1 amide bonds. The van der Waals surface area contributed by atoms with Crippen LogP contribution >= 0.6 is 11.6 Å². The van der Waals surface area contributed by atoms with E-state index in [9.17, 15) is 17.6 Å². The van der Waals surface area contributed by atoms with Crippen LogP contribution in [-0.2, 0) is 14.8 Å². The highest BCUT2D eigenvalue weighted by Crippen LogP contribution is 2.24. The summed E-state index contributed by atoms with van der Waals surface area (Å²) in [5.74, 6) is -1.09. The van der Waals surface area contributed by atoms with Crippen LogP contribution in [0.25, 0.3) is 0 Å². The molecule has 1 aromatic heterocycles. The lowest BCUT2D eigenvalue weighted by Gasteiger charge is -2.24. The Morgan fingerprint density at radius 2 is 1.75 bits per heavy atom. The van der Waals surface area contributed by atoms with Gasteiger partial charge in [0.1, 0.15) is 17.3 Å². The maximum atomic E-state index is 13.3. The zero-order valence-corrected chi connectivity index (χ0v) is 16.0. The third kappa shape index (κ3) is 4.65. The first-order valence-electron chi connectivity index (χ1n) is 8.10. The summed E-state index contributed by atoms with van der Waals surface area (Å²) in [6, 6.07) is 14.1. The summed E-state index contributed by atoms with van der Waals surface area (Å²) in [6.07, 6.45) is 2.62. The Hall–Kier alpha value is -2.97. The number of nitrogens with zero attached hydrogens (tertiary/aromatic N) is 2. The fourth-order valence-corrected chi connectivity index (χ4v) is 3.93. The number of pyridine rings is 1. The van der Waals surface area contributed by atoms with Gasteiger partial charge in [0.2, 0.25) is 5.91 Å². The SMILES string of the molecule is O=C(CN(c1ccc(F)cc1)S(=O)(=O)c1cccnc1)Nc1ccc(Cl)cc1. The van der Waals surface area contributed by atoms with E-state index in [1.165, 1.54) is 36.7 Å². The second kappa shape index (κ2) is 8.37. The summed E-state index contributed by atoms with van der Waals surface area (Å²) in [5.41, 5.74) is 0.615. The van der Waals surface area contributed by atoms with Crippen molar-refractivity contribution in [2.75, 3.05) is 16.2 Å². The van der Waals surface area contributed by atoms with Crippen LogP contribution in [0.15, 0.2) is 78.0 Å². The molecule has 1 N–H and O–H groups in total. The van der Waals surface area contributed by atoms with Gasteiger partial charge in [-0.25, -0.2) is 12.8 Å². The fourth-order valence-electron chi connectivity index (χ4n) is 2.41. The van der Waals surface area contributed by atoms with Gasteiger partial charge in [0, 0.05) is 23.1 Å². The van der Waals surface area contributed by atoms with Crippen molar-refractivity contribution in [2.45, 2.75) is 4.90 Å². The Morgan fingerprint density at radius 1 is 1.07 bits per heavy atom. The first-order chi connectivity index (χ1) is 13.4. The molecule has 0 saturated heterocycles. The van der Waals surface area contributed by atoms with E-state index in [1.54, 1.807) is 24.3 Å². The number of carbonyl (C=O) groups is 1. The van der Waals surface area contributed by atoms with Crippen molar-refractivity contribution in [1.82, 2.24) is 4.98 Å². The van der Waals surface area contributed by atoms with Gasteiger partial charge in [-0.05, 0) is 60.7 Å². The molecule has 0 aliphatic rings. The van der Waals surface area contributed by atoms with E-state index in [0.717, 1.165) is 16.4 Å². The normalized spacial score (nSPS) is 11.1. The molecule has 0 radical (unpaired) electrons. The summed E-state index contributed by atoms with van der Waals surface area (Å²) in [6.45, 7) is -0.508. The highest BCUT2D eigenvalue weighted by Gasteiger charge is 2.27. The van der Waals surface area contributed by atoms with Gasteiger partial charge in [0.25, 0.3) is 10.0 Å². The molecule has 0 spiro atoms. The van der Waals surface area contributed by atoms with E-state index in [2.05, 4.69) is 10.3 Å². The average Bonchev–Trinajstić information content (AvgIpc) is 2.69. The molecule has 1 heterocycles. The van der Waals surface area contributed by atoms with Gasteiger partial charge in [-0.1, -0.05) is 11.6 Å². The predicted molar refractivity (Wildman–Crippen MR) is 105 cm³/mol. The molecule has 28 heavy (non-hydrogen) atoms. The lowest BCUT2D eigenvalue weighted by atomic mass is 10.3. The molecule has 0 saturated carbocycles. The largest absolute Gasteiger partial charge is 0.325 e. The highest BCUT2D eigenvalue weighted by molar-refractivity contribution is 7.92. The van der Waals surface area contributed by atoms with Crippen molar-refractivity contribution < 1.29 is 17.6 Å². The Morgan fingerprint density at radius 3 is 2.36 bits per heavy atom.